The van der Waals surface area contributed by atoms with Gasteiger partial charge in [0.15, 0.2) is 6.29 Å². The lowest BCUT2D eigenvalue weighted by Crippen LogP contribution is -2.27. The fourth-order valence-corrected chi connectivity index (χ4v) is 3.64. The van der Waals surface area contributed by atoms with Gasteiger partial charge in [-0.15, -0.1) is 0 Å². The minimum Gasteiger partial charge on any atom is -0.496 e. The van der Waals surface area contributed by atoms with Gasteiger partial charge < -0.3 is 29.4 Å². The van der Waals surface area contributed by atoms with Crippen LogP contribution in [0.2, 0.25) is 5.02 Å². The van der Waals surface area contributed by atoms with Crippen LogP contribution in [0.4, 0.5) is 0 Å². The van der Waals surface area contributed by atoms with E-state index in [1.54, 1.807) is 25.3 Å². The summed E-state index contributed by atoms with van der Waals surface area (Å²) in [7, 11) is 1.57. The zero-order chi connectivity index (χ0) is 22.2. The molecule has 0 radical (unpaired) electrons. The zero-order valence-corrected chi connectivity index (χ0v) is 18.5. The van der Waals surface area contributed by atoms with E-state index in [9.17, 15) is 9.90 Å². The summed E-state index contributed by atoms with van der Waals surface area (Å²) in [6.45, 7) is 3.51. The van der Waals surface area contributed by atoms with Crippen molar-refractivity contribution in [1.29, 1.82) is 0 Å². The number of nitrogens with one attached hydrogen (secondary N) is 1. The normalized spacial score (nSPS) is 16.7. The molecule has 2 unspecified atom stereocenters. The number of aliphatic hydroxyl groups excluding tert-OH is 1. The van der Waals surface area contributed by atoms with Crippen LogP contribution >= 0.6 is 11.6 Å². The van der Waals surface area contributed by atoms with Crippen molar-refractivity contribution in [1.82, 2.24) is 5.32 Å². The van der Waals surface area contributed by atoms with Crippen LogP contribution < -0.4 is 14.8 Å². The first-order valence-electron chi connectivity index (χ1n) is 10.3. The number of carbonyl (C=O) groups is 1. The summed E-state index contributed by atoms with van der Waals surface area (Å²) in [5, 5.41) is 13.3. The summed E-state index contributed by atoms with van der Waals surface area (Å²) in [6, 6.07) is 10.5. The Bertz CT molecular complexity index is 884. The maximum atomic E-state index is 12.6. The predicted octanol–water partition coefficient (Wildman–Crippen LogP) is 3.69. The van der Waals surface area contributed by atoms with Gasteiger partial charge in [-0.1, -0.05) is 17.7 Å². The van der Waals surface area contributed by atoms with Crippen molar-refractivity contribution < 1.29 is 28.8 Å². The molecule has 0 aliphatic carbocycles. The first kappa shape index (κ1) is 23.3. The van der Waals surface area contributed by atoms with Crippen molar-refractivity contribution in [2.24, 2.45) is 0 Å². The van der Waals surface area contributed by atoms with E-state index in [1.165, 1.54) is 0 Å². The Kier molecular flexibility index (Phi) is 8.54. The van der Waals surface area contributed by atoms with Gasteiger partial charge in [0.2, 0.25) is 0 Å². The van der Waals surface area contributed by atoms with Gasteiger partial charge in [-0.25, -0.2) is 0 Å². The highest BCUT2D eigenvalue weighted by Crippen LogP contribution is 2.24. The highest BCUT2D eigenvalue weighted by Gasteiger charge is 2.24. The SMILES string of the molecule is CCOc1ccc(C(=O)NCc2cc(COC(O)C3CCCO3)ccc2OC)c(Cl)c1. The standard InChI is InChI=1S/C23H28ClNO6/c1-3-29-17-7-8-18(19(24)12-17)22(26)25-13-16-11-15(6-9-20(16)28-2)14-31-23(27)21-5-4-10-30-21/h6-9,11-12,21,23,27H,3-5,10,13-14H2,1-2H3,(H,25,26). The molecule has 168 valence electrons. The number of rotatable bonds is 10. The number of halogens is 1. The van der Waals surface area contributed by atoms with E-state index in [-0.39, 0.29) is 25.2 Å². The predicted molar refractivity (Wildman–Crippen MR) is 117 cm³/mol. The van der Waals surface area contributed by atoms with Gasteiger partial charge in [0, 0.05) is 18.7 Å². The molecule has 0 bridgehead atoms. The van der Waals surface area contributed by atoms with Crippen LogP contribution in [0.3, 0.4) is 0 Å². The molecule has 0 aromatic heterocycles. The molecule has 1 amide bonds. The molecule has 0 spiro atoms. The molecule has 0 saturated carbocycles. The third-order valence-corrected chi connectivity index (χ3v) is 5.30. The van der Waals surface area contributed by atoms with Crippen LogP contribution in [0.15, 0.2) is 36.4 Å². The van der Waals surface area contributed by atoms with Crippen molar-refractivity contribution in [3.05, 3.63) is 58.1 Å². The molecular weight excluding hydrogens is 422 g/mol. The molecule has 7 nitrogen and oxygen atoms in total. The Labute approximate surface area is 187 Å². The average molecular weight is 450 g/mol. The average Bonchev–Trinajstić information content (AvgIpc) is 3.31. The molecule has 3 rings (SSSR count). The van der Waals surface area contributed by atoms with Crippen LogP contribution in [-0.4, -0.2) is 43.7 Å². The molecule has 1 saturated heterocycles. The number of benzene rings is 2. The van der Waals surface area contributed by atoms with Crippen molar-refractivity contribution in [2.45, 2.75) is 45.3 Å². The van der Waals surface area contributed by atoms with E-state index in [1.807, 2.05) is 25.1 Å². The van der Waals surface area contributed by atoms with E-state index in [2.05, 4.69) is 5.32 Å². The van der Waals surface area contributed by atoms with Gasteiger partial charge in [-0.2, -0.15) is 0 Å². The number of amides is 1. The second-order valence-electron chi connectivity index (χ2n) is 7.16. The lowest BCUT2D eigenvalue weighted by molar-refractivity contribution is -0.171. The van der Waals surface area contributed by atoms with Crippen LogP contribution in [0.1, 0.15) is 41.3 Å². The number of hydrogen-bond donors (Lipinski definition) is 2. The third-order valence-electron chi connectivity index (χ3n) is 4.98. The van der Waals surface area contributed by atoms with Crippen molar-refractivity contribution >= 4 is 17.5 Å². The van der Waals surface area contributed by atoms with E-state index in [4.69, 9.17) is 30.5 Å². The fourth-order valence-electron chi connectivity index (χ4n) is 3.38. The van der Waals surface area contributed by atoms with Gasteiger partial charge >= 0.3 is 0 Å². The highest BCUT2D eigenvalue weighted by molar-refractivity contribution is 6.34. The topological polar surface area (TPSA) is 86.3 Å². The van der Waals surface area contributed by atoms with Gasteiger partial charge in [0.05, 0.1) is 30.9 Å². The molecule has 2 aromatic carbocycles. The molecule has 1 fully saturated rings. The Morgan fingerprint density at radius 2 is 2.16 bits per heavy atom. The smallest absolute Gasteiger partial charge is 0.253 e. The maximum absolute atomic E-state index is 12.6. The van der Waals surface area contributed by atoms with Crippen LogP contribution in [-0.2, 0) is 22.6 Å². The first-order chi connectivity index (χ1) is 15.0. The van der Waals surface area contributed by atoms with E-state index in [0.717, 1.165) is 24.0 Å². The van der Waals surface area contributed by atoms with Crippen molar-refractivity contribution in [3.63, 3.8) is 0 Å². The monoisotopic (exact) mass is 449 g/mol. The summed E-state index contributed by atoms with van der Waals surface area (Å²) >= 11 is 6.23. The first-order valence-corrected chi connectivity index (χ1v) is 10.7. The maximum Gasteiger partial charge on any atom is 0.253 e. The molecule has 2 aromatic rings. The molecule has 31 heavy (non-hydrogen) atoms. The molecule has 1 heterocycles. The number of ether oxygens (including phenoxy) is 4. The number of aliphatic hydroxyl groups is 1. The second kappa shape index (κ2) is 11.3. The van der Waals surface area contributed by atoms with Crippen LogP contribution in [0.25, 0.3) is 0 Å². The Morgan fingerprint density at radius 3 is 2.84 bits per heavy atom. The van der Waals surface area contributed by atoms with Gasteiger partial charge in [0.1, 0.15) is 17.6 Å². The largest absolute Gasteiger partial charge is 0.496 e. The Hall–Kier alpha value is -2.32. The second-order valence-corrected chi connectivity index (χ2v) is 7.56. The number of carbonyl (C=O) groups excluding carboxylic acids is 1. The number of hydrogen-bond acceptors (Lipinski definition) is 6. The van der Waals surface area contributed by atoms with Crippen molar-refractivity contribution in [3.8, 4) is 11.5 Å². The molecule has 2 N–H and O–H groups in total. The molecular formula is C23H28ClNO6. The summed E-state index contributed by atoms with van der Waals surface area (Å²) in [5.41, 5.74) is 2.00. The Morgan fingerprint density at radius 1 is 1.32 bits per heavy atom. The Balaban J connectivity index is 1.62. The minimum atomic E-state index is -0.963. The summed E-state index contributed by atoms with van der Waals surface area (Å²) < 4.78 is 21.8. The van der Waals surface area contributed by atoms with Gasteiger partial charge in [-0.05, 0) is 55.7 Å². The molecule has 2 atom stereocenters. The van der Waals surface area contributed by atoms with E-state index in [0.29, 0.717) is 35.3 Å². The molecule has 1 aliphatic heterocycles. The van der Waals surface area contributed by atoms with E-state index >= 15 is 0 Å². The lowest BCUT2D eigenvalue weighted by atomic mass is 10.1. The quantitative estimate of drug-likeness (QED) is 0.538. The lowest BCUT2D eigenvalue weighted by Gasteiger charge is -2.18. The van der Waals surface area contributed by atoms with Gasteiger partial charge in [-0.3, -0.25) is 4.79 Å². The van der Waals surface area contributed by atoms with Crippen LogP contribution in [0.5, 0.6) is 11.5 Å². The van der Waals surface area contributed by atoms with E-state index < -0.39 is 6.29 Å². The summed E-state index contributed by atoms with van der Waals surface area (Å²) in [5.74, 6) is 0.954. The minimum absolute atomic E-state index is 0.219. The third kappa shape index (κ3) is 6.33. The highest BCUT2D eigenvalue weighted by atomic mass is 35.5. The van der Waals surface area contributed by atoms with Crippen LogP contribution in [0, 0.1) is 0 Å². The summed E-state index contributed by atoms with van der Waals surface area (Å²) in [6.07, 6.45) is 0.468. The summed E-state index contributed by atoms with van der Waals surface area (Å²) in [4.78, 5) is 12.6. The number of methoxy groups -OCH3 is 1. The zero-order valence-electron chi connectivity index (χ0n) is 17.7. The fraction of sp³-hybridized carbons (Fsp3) is 0.435. The molecule has 8 heteroatoms. The van der Waals surface area contributed by atoms with Gasteiger partial charge in [0.25, 0.3) is 5.91 Å². The van der Waals surface area contributed by atoms with Crippen molar-refractivity contribution in [2.75, 3.05) is 20.3 Å². The molecule has 1 aliphatic rings.